The van der Waals surface area contributed by atoms with Crippen molar-refractivity contribution in [3.8, 4) is 0 Å². The molecule has 1 aromatic carbocycles. The van der Waals surface area contributed by atoms with Crippen LogP contribution in [0.4, 0.5) is 18.9 Å². The minimum Gasteiger partial charge on any atom is -0.380 e. The molecule has 0 atom stereocenters. The van der Waals surface area contributed by atoms with Crippen LogP contribution in [-0.2, 0) is 15.8 Å². The summed E-state index contributed by atoms with van der Waals surface area (Å²) in [5.41, 5.74) is -0.589. The highest BCUT2D eigenvalue weighted by molar-refractivity contribution is 6.30. The van der Waals surface area contributed by atoms with Crippen molar-refractivity contribution in [2.24, 2.45) is 5.92 Å². The van der Waals surface area contributed by atoms with Crippen LogP contribution >= 0.6 is 0 Å². The molecular weight excluding hydrogens is 375 g/mol. The molecule has 2 heterocycles. The van der Waals surface area contributed by atoms with Crippen LogP contribution < -0.4 is 10.2 Å². The second-order valence-corrected chi connectivity index (χ2v) is 6.84. The number of benzene rings is 1. The normalized spacial score (nSPS) is 22.2. The topological polar surface area (TPSA) is 80.1 Å². The molecule has 2 aliphatic rings. The summed E-state index contributed by atoms with van der Waals surface area (Å²) < 4.78 is 39.8. The summed E-state index contributed by atoms with van der Waals surface area (Å²) in [6.07, 6.45) is 1.89. The van der Waals surface area contributed by atoms with Gasteiger partial charge in [-0.1, -0.05) is 5.21 Å². The maximum Gasteiger partial charge on any atom is 0.416 e. The van der Waals surface area contributed by atoms with Crippen molar-refractivity contribution < 1.29 is 22.8 Å². The van der Waals surface area contributed by atoms with Crippen molar-refractivity contribution in [2.45, 2.75) is 25.1 Å². The third kappa shape index (κ3) is 3.37. The third-order valence-electron chi connectivity index (χ3n) is 4.98. The molecule has 7 nitrogen and oxygen atoms in total. The van der Waals surface area contributed by atoms with E-state index in [-0.39, 0.29) is 17.4 Å². The molecule has 10 heteroatoms. The molecule has 1 aliphatic carbocycles. The van der Waals surface area contributed by atoms with Gasteiger partial charge in [0.2, 0.25) is 0 Å². The van der Waals surface area contributed by atoms with Gasteiger partial charge in [-0.15, -0.1) is 5.10 Å². The van der Waals surface area contributed by atoms with E-state index >= 15 is 0 Å². The number of anilines is 1. The number of imide groups is 1. The maximum atomic E-state index is 12.7. The van der Waals surface area contributed by atoms with Crippen molar-refractivity contribution in [2.75, 3.05) is 11.4 Å². The molecule has 0 spiro atoms. The van der Waals surface area contributed by atoms with Crippen LogP contribution in [0.2, 0.25) is 0 Å². The Labute approximate surface area is 157 Å². The maximum absolute atomic E-state index is 12.7. The van der Waals surface area contributed by atoms with E-state index in [1.165, 1.54) is 6.08 Å². The van der Waals surface area contributed by atoms with Crippen molar-refractivity contribution >= 4 is 17.5 Å². The summed E-state index contributed by atoms with van der Waals surface area (Å²) in [5, 5.41) is 10.7. The van der Waals surface area contributed by atoms with Gasteiger partial charge in [0.25, 0.3) is 11.8 Å². The van der Waals surface area contributed by atoms with Crippen LogP contribution in [0.3, 0.4) is 0 Å². The van der Waals surface area contributed by atoms with Gasteiger partial charge in [-0.05, 0) is 43.0 Å². The fourth-order valence-corrected chi connectivity index (χ4v) is 3.39. The largest absolute Gasteiger partial charge is 0.416 e. The molecule has 0 bridgehead atoms. The van der Waals surface area contributed by atoms with E-state index in [1.807, 2.05) is 0 Å². The number of carbonyl (C=O) groups is 2. The number of alkyl halides is 3. The lowest BCUT2D eigenvalue weighted by Crippen LogP contribution is -2.37. The number of rotatable bonds is 5. The molecule has 2 amide bonds. The number of hydrogen-bond acceptors (Lipinski definition) is 5. The van der Waals surface area contributed by atoms with Crippen molar-refractivity contribution in [1.29, 1.82) is 0 Å². The molecule has 1 fully saturated rings. The summed E-state index contributed by atoms with van der Waals surface area (Å²) in [6, 6.07) is 4.21. The van der Waals surface area contributed by atoms with Crippen LogP contribution in [0, 0.1) is 5.92 Å². The van der Waals surface area contributed by atoms with Gasteiger partial charge >= 0.3 is 6.18 Å². The fraction of sp³-hybridized carbons (Fsp3) is 0.333. The summed E-state index contributed by atoms with van der Waals surface area (Å²) in [6.45, 7) is 0.525. The van der Waals surface area contributed by atoms with E-state index in [4.69, 9.17) is 0 Å². The number of nitrogens with zero attached hydrogens (tertiary/aromatic N) is 4. The number of carbonyl (C=O) groups excluding carboxylic acids is 2. The lowest BCUT2D eigenvalue weighted by Gasteiger charge is -2.35. The Morgan fingerprint density at radius 2 is 1.86 bits per heavy atom. The highest BCUT2D eigenvalue weighted by atomic mass is 19.4. The van der Waals surface area contributed by atoms with Crippen LogP contribution in [-0.4, -0.2) is 33.4 Å². The molecule has 1 aromatic heterocycles. The number of amides is 2. The van der Waals surface area contributed by atoms with E-state index in [0.717, 1.165) is 42.0 Å². The first-order valence-electron chi connectivity index (χ1n) is 8.70. The van der Waals surface area contributed by atoms with Crippen LogP contribution in [0.15, 0.2) is 48.4 Å². The fourth-order valence-electron chi connectivity index (χ4n) is 3.39. The van der Waals surface area contributed by atoms with E-state index in [2.05, 4.69) is 15.6 Å². The van der Waals surface area contributed by atoms with E-state index < -0.39 is 23.6 Å². The summed E-state index contributed by atoms with van der Waals surface area (Å²) in [7, 11) is 0. The van der Waals surface area contributed by atoms with Crippen LogP contribution in [0.1, 0.15) is 24.4 Å². The minimum atomic E-state index is -4.48. The molecular formula is C18H16F3N5O2. The molecule has 0 radical (unpaired) electrons. The molecule has 0 unspecified atom stereocenters. The molecule has 1 N–H and O–H groups in total. The monoisotopic (exact) mass is 391 g/mol. The molecule has 146 valence electrons. The number of aromatic nitrogens is 3. The summed E-state index contributed by atoms with van der Waals surface area (Å²) in [4.78, 5) is 25.5. The van der Waals surface area contributed by atoms with Gasteiger partial charge in [0.1, 0.15) is 5.70 Å². The minimum absolute atomic E-state index is 0.103. The molecule has 4 rings (SSSR count). The summed E-state index contributed by atoms with van der Waals surface area (Å²) >= 11 is 0. The van der Waals surface area contributed by atoms with E-state index in [9.17, 15) is 22.8 Å². The van der Waals surface area contributed by atoms with Crippen LogP contribution in [0.5, 0.6) is 0 Å². The smallest absolute Gasteiger partial charge is 0.380 e. The first-order chi connectivity index (χ1) is 13.3. The molecule has 1 saturated carbocycles. The van der Waals surface area contributed by atoms with Gasteiger partial charge in [0.05, 0.1) is 23.5 Å². The number of hydrogen-bond donors (Lipinski definition) is 1. The zero-order chi connectivity index (χ0) is 19.9. The Morgan fingerprint density at radius 1 is 1.14 bits per heavy atom. The van der Waals surface area contributed by atoms with Crippen molar-refractivity contribution in [1.82, 2.24) is 20.3 Å². The van der Waals surface area contributed by atoms with Gasteiger partial charge < -0.3 is 5.32 Å². The van der Waals surface area contributed by atoms with Gasteiger partial charge in [0.15, 0.2) is 0 Å². The second kappa shape index (κ2) is 6.77. The van der Waals surface area contributed by atoms with Gasteiger partial charge in [-0.25, -0.2) is 9.58 Å². The molecule has 1 aliphatic heterocycles. The SMILES string of the molecule is O=C1C=C(NCC2CC(n3ccnn3)C2)C(=O)N1c1ccc(C(F)(F)F)cc1. The lowest BCUT2D eigenvalue weighted by atomic mass is 9.80. The first-order valence-corrected chi connectivity index (χ1v) is 8.70. The van der Waals surface area contributed by atoms with Gasteiger partial charge in [0, 0.05) is 18.8 Å². The second-order valence-electron chi connectivity index (χ2n) is 6.84. The third-order valence-corrected chi connectivity index (χ3v) is 4.98. The zero-order valence-corrected chi connectivity index (χ0v) is 14.6. The Kier molecular flexibility index (Phi) is 4.40. The van der Waals surface area contributed by atoms with Gasteiger partial charge in [-0.3, -0.25) is 9.59 Å². The van der Waals surface area contributed by atoms with Crippen molar-refractivity contribution in [3.63, 3.8) is 0 Å². The predicted octanol–water partition coefficient (Wildman–Crippen LogP) is 2.29. The predicted molar refractivity (Wildman–Crippen MR) is 91.8 cm³/mol. The quantitative estimate of drug-likeness (QED) is 0.792. The Morgan fingerprint density at radius 3 is 2.46 bits per heavy atom. The standard InChI is InChI=1S/C18H16F3N5O2/c19-18(20,21)12-1-3-13(4-2-12)26-16(27)9-15(17(26)28)22-10-11-7-14(8-11)25-6-5-23-24-25/h1-6,9,11,14,22H,7-8,10H2. The molecule has 2 aromatic rings. The number of nitrogens with one attached hydrogen (secondary N) is 1. The van der Waals surface area contributed by atoms with Gasteiger partial charge in [-0.2, -0.15) is 13.2 Å². The Hall–Kier alpha value is -3.17. The lowest BCUT2D eigenvalue weighted by molar-refractivity contribution is -0.137. The molecule has 0 saturated heterocycles. The van der Waals surface area contributed by atoms with E-state index in [1.54, 1.807) is 17.1 Å². The van der Waals surface area contributed by atoms with E-state index in [0.29, 0.717) is 12.5 Å². The molecule has 28 heavy (non-hydrogen) atoms. The Bertz CT molecular complexity index is 916. The highest BCUT2D eigenvalue weighted by Crippen LogP contribution is 2.37. The zero-order valence-electron chi connectivity index (χ0n) is 14.6. The number of halogens is 3. The average Bonchev–Trinajstić information content (AvgIpc) is 3.22. The first kappa shape index (κ1) is 18.2. The summed E-state index contributed by atoms with van der Waals surface area (Å²) in [5.74, 6) is -0.823. The highest BCUT2D eigenvalue weighted by Gasteiger charge is 2.36. The average molecular weight is 391 g/mol. The van der Waals surface area contributed by atoms with Crippen molar-refractivity contribution in [3.05, 3.63) is 54.0 Å². The Balaban J connectivity index is 1.34. The van der Waals surface area contributed by atoms with Crippen LogP contribution in [0.25, 0.3) is 0 Å².